The van der Waals surface area contributed by atoms with Gasteiger partial charge in [-0.3, -0.25) is 0 Å². The van der Waals surface area contributed by atoms with E-state index in [0.717, 1.165) is 0 Å². The molecule has 104 valence electrons. The Morgan fingerprint density at radius 2 is 1.76 bits per heavy atom. The predicted octanol–water partition coefficient (Wildman–Crippen LogP) is -0.257. The second kappa shape index (κ2) is 8.83. The van der Waals surface area contributed by atoms with Crippen LogP contribution in [0.1, 0.15) is 27.2 Å². The third-order valence-electron chi connectivity index (χ3n) is 2.76. The van der Waals surface area contributed by atoms with Gasteiger partial charge in [-0.05, 0) is 12.3 Å². The molecule has 17 heavy (non-hydrogen) atoms. The van der Waals surface area contributed by atoms with Crippen LogP contribution in [0, 0.1) is 5.92 Å². The number of aliphatic hydroxyl groups excluding tert-OH is 3. The van der Waals surface area contributed by atoms with Crippen LogP contribution in [0.15, 0.2) is 0 Å². The minimum atomic E-state index is -0.709. The molecule has 4 N–H and O–H groups in total. The summed E-state index contributed by atoms with van der Waals surface area (Å²) in [7, 11) is 0. The third kappa shape index (κ3) is 6.95. The summed E-state index contributed by atoms with van der Waals surface area (Å²) in [4.78, 5) is 0. The minimum Gasteiger partial charge on any atom is -0.394 e. The van der Waals surface area contributed by atoms with E-state index in [1.807, 2.05) is 20.8 Å². The molecule has 0 aliphatic rings. The molecule has 0 saturated heterocycles. The van der Waals surface area contributed by atoms with Crippen molar-refractivity contribution in [3.05, 3.63) is 0 Å². The number of hydrogen-bond donors (Lipinski definition) is 4. The molecule has 0 aromatic carbocycles. The average molecular weight is 249 g/mol. The fourth-order valence-corrected chi connectivity index (χ4v) is 1.34. The van der Waals surface area contributed by atoms with E-state index in [-0.39, 0.29) is 19.8 Å². The van der Waals surface area contributed by atoms with Crippen molar-refractivity contribution in [1.29, 1.82) is 0 Å². The number of nitrogens with one attached hydrogen (secondary N) is 1. The molecule has 0 radical (unpaired) electrons. The lowest BCUT2D eigenvalue weighted by Gasteiger charge is -2.31. The van der Waals surface area contributed by atoms with Crippen LogP contribution in [0.4, 0.5) is 0 Å². The van der Waals surface area contributed by atoms with Crippen molar-refractivity contribution < 1.29 is 20.1 Å². The summed E-state index contributed by atoms with van der Waals surface area (Å²) >= 11 is 0. The van der Waals surface area contributed by atoms with Gasteiger partial charge in [-0.1, -0.05) is 20.8 Å². The number of ether oxygens (including phenoxy) is 1. The molecule has 1 atom stereocenters. The van der Waals surface area contributed by atoms with Crippen molar-refractivity contribution in [2.24, 2.45) is 5.92 Å². The molecule has 5 nitrogen and oxygen atoms in total. The van der Waals surface area contributed by atoms with E-state index in [1.54, 1.807) is 0 Å². The minimum absolute atomic E-state index is 0.153. The van der Waals surface area contributed by atoms with Crippen LogP contribution in [-0.2, 0) is 4.74 Å². The van der Waals surface area contributed by atoms with Gasteiger partial charge in [0.1, 0.15) is 0 Å². The molecule has 0 saturated carbocycles. The lowest BCUT2D eigenvalue weighted by atomic mass is 9.98. The summed E-state index contributed by atoms with van der Waals surface area (Å²) in [5, 5.41) is 31.1. The summed E-state index contributed by atoms with van der Waals surface area (Å²) in [5.74, 6) is 0.444. The van der Waals surface area contributed by atoms with Gasteiger partial charge in [0, 0.05) is 13.2 Å². The van der Waals surface area contributed by atoms with Crippen molar-refractivity contribution in [1.82, 2.24) is 5.32 Å². The molecule has 0 spiro atoms. The summed E-state index contributed by atoms with van der Waals surface area (Å²) in [6.45, 7) is 6.85. The first-order chi connectivity index (χ1) is 7.99. The summed E-state index contributed by atoms with van der Waals surface area (Å²) < 4.78 is 5.31. The van der Waals surface area contributed by atoms with Crippen molar-refractivity contribution in [2.45, 2.75) is 38.8 Å². The maximum Gasteiger partial charge on any atom is 0.0897 e. The van der Waals surface area contributed by atoms with Gasteiger partial charge in [-0.15, -0.1) is 0 Å². The van der Waals surface area contributed by atoms with Gasteiger partial charge in [0.15, 0.2) is 0 Å². The monoisotopic (exact) mass is 249 g/mol. The first-order valence-electron chi connectivity index (χ1n) is 6.22. The second-order valence-electron chi connectivity index (χ2n) is 4.92. The molecular formula is C12H27NO4. The van der Waals surface area contributed by atoms with Crippen molar-refractivity contribution in [3.63, 3.8) is 0 Å². The molecule has 0 heterocycles. The normalized spacial score (nSPS) is 14.3. The van der Waals surface area contributed by atoms with Gasteiger partial charge in [-0.25, -0.2) is 0 Å². The third-order valence-corrected chi connectivity index (χ3v) is 2.76. The molecule has 0 aliphatic carbocycles. The van der Waals surface area contributed by atoms with E-state index < -0.39 is 11.6 Å². The number of hydrogen-bond acceptors (Lipinski definition) is 5. The topological polar surface area (TPSA) is 82.0 Å². The van der Waals surface area contributed by atoms with Gasteiger partial charge in [0.2, 0.25) is 0 Å². The van der Waals surface area contributed by atoms with Crippen LogP contribution >= 0.6 is 0 Å². The fraction of sp³-hybridized carbons (Fsp3) is 1.00. The smallest absolute Gasteiger partial charge is 0.0897 e. The van der Waals surface area contributed by atoms with E-state index in [9.17, 15) is 15.3 Å². The Kier molecular flexibility index (Phi) is 8.72. The van der Waals surface area contributed by atoms with Crippen molar-refractivity contribution in [3.8, 4) is 0 Å². The maximum atomic E-state index is 9.66. The van der Waals surface area contributed by atoms with Crippen molar-refractivity contribution in [2.75, 3.05) is 33.0 Å². The number of rotatable bonds is 10. The highest BCUT2D eigenvalue weighted by molar-refractivity contribution is 4.86. The summed E-state index contributed by atoms with van der Waals surface area (Å²) in [6.07, 6.45) is -0.0303. The highest BCUT2D eigenvalue weighted by Gasteiger charge is 2.26. The fourth-order valence-electron chi connectivity index (χ4n) is 1.34. The molecule has 0 aromatic rings. The standard InChI is InChI=1S/C12H27NO4/c1-4-12(8-14,9-15)13-5-11(16)7-17-6-10(2)3/h10-11,13-16H,4-9H2,1-3H3. The highest BCUT2D eigenvalue weighted by Crippen LogP contribution is 2.08. The quantitative estimate of drug-likeness (QED) is 0.429. The summed E-state index contributed by atoms with van der Waals surface area (Å²) in [6, 6.07) is 0. The van der Waals surface area contributed by atoms with Crippen molar-refractivity contribution >= 4 is 0 Å². The Labute approximate surface area is 104 Å². The first kappa shape index (κ1) is 16.8. The Bertz CT molecular complexity index is 175. The molecule has 0 aromatic heterocycles. The molecule has 0 aliphatic heterocycles. The zero-order valence-corrected chi connectivity index (χ0v) is 11.1. The lowest BCUT2D eigenvalue weighted by Crippen LogP contribution is -2.53. The van der Waals surface area contributed by atoms with Crippen LogP contribution in [0.3, 0.4) is 0 Å². The van der Waals surface area contributed by atoms with Crippen LogP contribution in [0.2, 0.25) is 0 Å². The Morgan fingerprint density at radius 3 is 2.18 bits per heavy atom. The second-order valence-corrected chi connectivity index (χ2v) is 4.92. The van der Waals surface area contributed by atoms with E-state index in [0.29, 0.717) is 25.5 Å². The van der Waals surface area contributed by atoms with Gasteiger partial charge in [0.05, 0.1) is 31.5 Å². The zero-order valence-electron chi connectivity index (χ0n) is 11.1. The van der Waals surface area contributed by atoms with E-state index >= 15 is 0 Å². The highest BCUT2D eigenvalue weighted by atomic mass is 16.5. The Hall–Kier alpha value is -0.200. The van der Waals surface area contributed by atoms with Gasteiger partial charge in [0.25, 0.3) is 0 Å². The molecule has 1 unspecified atom stereocenters. The first-order valence-corrected chi connectivity index (χ1v) is 6.22. The lowest BCUT2D eigenvalue weighted by molar-refractivity contribution is 0.0137. The van der Waals surface area contributed by atoms with Crippen LogP contribution in [0.5, 0.6) is 0 Å². The number of aliphatic hydroxyl groups is 3. The molecule has 0 fully saturated rings. The van der Waals surface area contributed by atoms with E-state index in [1.165, 1.54) is 0 Å². The van der Waals surface area contributed by atoms with Gasteiger partial charge in [-0.2, -0.15) is 0 Å². The predicted molar refractivity (Wildman–Crippen MR) is 66.9 cm³/mol. The Balaban J connectivity index is 3.84. The number of β-amino-alcohol motifs (C(OH)–C–C–N with tert-alkyl or cyclic N) is 1. The zero-order chi connectivity index (χ0) is 13.3. The van der Waals surface area contributed by atoms with Crippen LogP contribution in [0.25, 0.3) is 0 Å². The maximum absolute atomic E-state index is 9.66. The Morgan fingerprint density at radius 1 is 1.18 bits per heavy atom. The molecule has 0 rings (SSSR count). The van der Waals surface area contributed by atoms with Crippen LogP contribution < -0.4 is 5.32 Å². The molecule has 0 amide bonds. The van der Waals surface area contributed by atoms with Gasteiger partial charge < -0.3 is 25.4 Å². The van der Waals surface area contributed by atoms with E-state index in [2.05, 4.69) is 5.32 Å². The van der Waals surface area contributed by atoms with Crippen LogP contribution in [-0.4, -0.2) is 59.9 Å². The van der Waals surface area contributed by atoms with Gasteiger partial charge >= 0.3 is 0 Å². The van der Waals surface area contributed by atoms with E-state index in [4.69, 9.17) is 4.74 Å². The summed E-state index contributed by atoms with van der Waals surface area (Å²) in [5.41, 5.74) is -0.709. The average Bonchev–Trinajstić information content (AvgIpc) is 2.31. The largest absolute Gasteiger partial charge is 0.394 e. The molecule has 0 bridgehead atoms. The molecule has 5 heteroatoms. The molecular weight excluding hydrogens is 222 g/mol. The SMILES string of the molecule is CCC(CO)(CO)NCC(O)COCC(C)C.